The molecule has 2 saturated heterocycles. The van der Waals surface area contributed by atoms with Gasteiger partial charge in [0.25, 0.3) is 0 Å². The lowest BCUT2D eigenvalue weighted by molar-refractivity contribution is 0.146. The predicted molar refractivity (Wildman–Crippen MR) is 97.0 cm³/mol. The number of sulfonamides is 1. The zero-order valence-corrected chi connectivity index (χ0v) is 15.7. The van der Waals surface area contributed by atoms with Crippen molar-refractivity contribution in [2.75, 3.05) is 33.3 Å². The Kier molecular flexibility index (Phi) is 5.52. The van der Waals surface area contributed by atoms with Crippen molar-refractivity contribution in [2.45, 2.75) is 29.8 Å². The van der Waals surface area contributed by atoms with Crippen LogP contribution in [-0.2, 0) is 16.4 Å². The molecule has 2 aliphatic heterocycles. The van der Waals surface area contributed by atoms with Crippen molar-refractivity contribution in [3.8, 4) is 0 Å². The van der Waals surface area contributed by atoms with Crippen molar-refractivity contribution in [3.63, 3.8) is 0 Å². The summed E-state index contributed by atoms with van der Waals surface area (Å²) in [6.45, 7) is 2.06. The molecule has 26 heavy (non-hydrogen) atoms. The number of amides is 2. The minimum Gasteiger partial charge on any atom is -0.395 e. The highest BCUT2D eigenvalue weighted by Crippen LogP contribution is 2.34. The van der Waals surface area contributed by atoms with E-state index in [1.807, 2.05) is 11.9 Å². The lowest BCUT2D eigenvalue weighted by atomic mass is 10.0. The van der Waals surface area contributed by atoms with Crippen LogP contribution in [0.3, 0.4) is 0 Å². The first-order chi connectivity index (χ1) is 12.3. The molecular weight excluding hydrogens is 356 g/mol. The van der Waals surface area contributed by atoms with Gasteiger partial charge in [-0.1, -0.05) is 12.1 Å². The molecule has 144 valence electrons. The number of carbonyl (C=O) groups is 1. The average molecular weight is 382 g/mol. The monoisotopic (exact) mass is 382 g/mol. The fraction of sp³-hybridized carbons (Fsp3) is 0.588. The maximum atomic E-state index is 12.4. The van der Waals surface area contributed by atoms with Gasteiger partial charge < -0.3 is 15.3 Å². The van der Waals surface area contributed by atoms with Gasteiger partial charge in [-0.3, -0.25) is 4.90 Å². The number of nitrogens with zero attached hydrogens (tertiary/aromatic N) is 2. The van der Waals surface area contributed by atoms with E-state index in [-0.39, 0.29) is 23.6 Å². The first-order valence-electron chi connectivity index (χ1n) is 8.77. The number of aliphatic hydroxyl groups excluding tert-OH is 1. The Balaban J connectivity index is 1.45. The van der Waals surface area contributed by atoms with Crippen LogP contribution in [0.25, 0.3) is 0 Å². The maximum Gasteiger partial charge on any atom is 0.317 e. The van der Waals surface area contributed by atoms with Crippen molar-refractivity contribution < 1.29 is 18.3 Å². The summed E-state index contributed by atoms with van der Waals surface area (Å²) in [7, 11) is -1.67. The normalized spacial score (nSPS) is 26.1. The summed E-state index contributed by atoms with van der Waals surface area (Å²) in [6.07, 6.45) is 1.54. The molecule has 1 aromatic rings. The molecule has 3 rings (SSSR count). The predicted octanol–water partition coefficient (Wildman–Crippen LogP) is -0.417. The summed E-state index contributed by atoms with van der Waals surface area (Å²) in [6, 6.07) is 6.81. The third-order valence-electron chi connectivity index (χ3n) is 5.52. The van der Waals surface area contributed by atoms with Gasteiger partial charge in [0, 0.05) is 31.7 Å². The summed E-state index contributed by atoms with van der Waals surface area (Å²) >= 11 is 0. The van der Waals surface area contributed by atoms with E-state index < -0.39 is 10.0 Å². The zero-order valence-electron chi connectivity index (χ0n) is 14.8. The number of benzene rings is 1. The Morgan fingerprint density at radius 1 is 1.31 bits per heavy atom. The molecule has 3 atom stereocenters. The molecule has 2 amide bonds. The number of likely N-dealkylation sites (tertiary alicyclic amines) is 2. The lowest BCUT2D eigenvalue weighted by Gasteiger charge is -2.25. The average Bonchev–Trinajstić information content (AvgIpc) is 3.14. The fourth-order valence-electron chi connectivity index (χ4n) is 3.97. The molecule has 8 nitrogen and oxygen atoms in total. The summed E-state index contributed by atoms with van der Waals surface area (Å²) in [5.41, 5.74) is 0.932. The molecule has 0 radical (unpaired) electrons. The van der Waals surface area contributed by atoms with Crippen LogP contribution in [0.2, 0.25) is 0 Å². The number of aliphatic hydroxyl groups is 1. The lowest BCUT2D eigenvalue weighted by Crippen LogP contribution is -2.43. The first-order valence-corrected chi connectivity index (χ1v) is 10.3. The smallest absolute Gasteiger partial charge is 0.317 e. The third-order valence-corrected chi connectivity index (χ3v) is 6.45. The van der Waals surface area contributed by atoms with E-state index in [0.717, 1.165) is 18.5 Å². The van der Waals surface area contributed by atoms with Crippen molar-refractivity contribution >= 4 is 16.1 Å². The number of hydrogen-bond donors (Lipinski definition) is 3. The molecule has 0 aliphatic carbocycles. The Hall–Kier alpha value is -1.68. The van der Waals surface area contributed by atoms with Crippen LogP contribution in [0.5, 0.6) is 0 Å². The molecular formula is C17H26N4O4S. The second kappa shape index (κ2) is 7.51. The number of nitrogens with two attached hydrogens (primary N) is 1. The van der Waals surface area contributed by atoms with Gasteiger partial charge in [-0.25, -0.2) is 18.4 Å². The molecule has 0 saturated carbocycles. The van der Waals surface area contributed by atoms with Crippen LogP contribution >= 0.6 is 0 Å². The van der Waals surface area contributed by atoms with Crippen LogP contribution in [-0.4, -0.2) is 74.7 Å². The third kappa shape index (κ3) is 4.01. The van der Waals surface area contributed by atoms with Crippen LogP contribution in [0.1, 0.15) is 12.0 Å². The van der Waals surface area contributed by atoms with Gasteiger partial charge in [0.15, 0.2) is 0 Å². The van der Waals surface area contributed by atoms with E-state index in [2.05, 4.69) is 10.2 Å². The standard InChI is InChI=1S/C17H26N4O4S/c1-20-14(11-22)8-13-9-21(10-16(13)20)17(23)19-7-6-12-2-4-15(5-3-12)26(18,24)25/h2-5,13-14,16,22H,6-11H2,1H3,(H,19,23)(H2,18,24,25)/t13-,14-,16+/m1/s1. The molecule has 0 spiro atoms. The van der Waals surface area contributed by atoms with Gasteiger partial charge in [-0.2, -0.15) is 0 Å². The topological polar surface area (TPSA) is 116 Å². The molecule has 2 heterocycles. The van der Waals surface area contributed by atoms with Crippen LogP contribution in [0, 0.1) is 5.92 Å². The Morgan fingerprint density at radius 2 is 2.00 bits per heavy atom. The van der Waals surface area contributed by atoms with E-state index in [1.165, 1.54) is 12.1 Å². The summed E-state index contributed by atoms with van der Waals surface area (Å²) in [4.78, 5) is 16.5. The highest BCUT2D eigenvalue weighted by atomic mass is 32.2. The van der Waals surface area contributed by atoms with Gasteiger partial charge in [0.2, 0.25) is 10.0 Å². The van der Waals surface area contributed by atoms with Crippen molar-refractivity contribution in [3.05, 3.63) is 29.8 Å². The number of rotatable bonds is 5. The SMILES string of the molecule is CN1[C@@H](CO)C[C@@H]2CN(C(=O)NCCc3ccc(S(N)(=O)=O)cc3)C[C@@H]21. The first kappa shape index (κ1) is 19.1. The van der Waals surface area contributed by atoms with Crippen molar-refractivity contribution in [1.29, 1.82) is 0 Å². The Bertz CT molecular complexity index is 753. The molecule has 1 aromatic carbocycles. The van der Waals surface area contributed by atoms with E-state index >= 15 is 0 Å². The Morgan fingerprint density at radius 3 is 2.58 bits per heavy atom. The number of likely N-dealkylation sites (N-methyl/N-ethyl adjacent to an activating group) is 1. The van der Waals surface area contributed by atoms with Crippen LogP contribution < -0.4 is 10.5 Å². The number of fused-ring (bicyclic) bond motifs is 1. The molecule has 0 aromatic heterocycles. The number of carbonyl (C=O) groups excluding carboxylic acids is 1. The molecule has 2 fully saturated rings. The summed E-state index contributed by atoms with van der Waals surface area (Å²) < 4.78 is 22.5. The van der Waals surface area contributed by atoms with Crippen molar-refractivity contribution in [1.82, 2.24) is 15.1 Å². The highest BCUT2D eigenvalue weighted by molar-refractivity contribution is 7.89. The maximum absolute atomic E-state index is 12.4. The molecule has 0 bridgehead atoms. The second-order valence-corrected chi connectivity index (χ2v) is 8.70. The van der Waals surface area contributed by atoms with E-state index in [9.17, 15) is 18.3 Å². The summed E-state index contributed by atoms with van der Waals surface area (Å²) in [5.74, 6) is 0.425. The zero-order chi connectivity index (χ0) is 18.9. The van der Waals surface area contributed by atoms with Crippen LogP contribution in [0.15, 0.2) is 29.2 Å². The largest absolute Gasteiger partial charge is 0.395 e. The van der Waals surface area contributed by atoms with E-state index in [1.54, 1.807) is 12.1 Å². The van der Waals surface area contributed by atoms with Crippen molar-refractivity contribution in [2.24, 2.45) is 11.1 Å². The quantitative estimate of drug-likeness (QED) is 0.640. The van der Waals surface area contributed by atoms with E-state index in [0.29, 0.717) is 31.5 Å². The van der Waals surface area contributed by atoms with Gasteiger partial charge in [0.05, 0.1) is 11.5 Å². The van der Waals surface area contributed by atoms with Gasteiger partial charge in [0.1, 0.15) is 0 Å². The van der Waals surface area contributed by atoms with Gasteiger partial charge in [-0.15, -0.1) is 0 Å². The van der Waals surface area contributed by atoms with Gasteiger partial charge in [-0.05, 0) is 43.5 Å². The van der Waals surface area contributed by atoms with Crippen LogP contribution in [0.4, 0.5) is 4.79 Å². The van der Waals surface area contributed by atoms with Gasteiger partial charge >= 0.3 is 6.03 Å². The molecule has 0 unspecified atom stereocenters. The highest BCUT2D eigenvalue weighted by Gasteiger charge is 2.45. The molecule has 4 N–H and O–H groups in total. The number of urea groups is 1. The number of primary sulfonamides is 1. The fourth-order valence-corrected chi connectivity index (χ4v) is 4.49. The summed E-state index contributed by atoms with van der Waals surface area (Å²) in [5, 5.41) is 17.4. The minimum atomic E-state index is -3.68. The second-order valence-electron chi connectivity index (χ2n) is 7.14. The molecule has 9 heteroatoms. The number of hydrogen-bond acceptors (Lipinski definition) is 5. The molecule has 2 aliphatic rings. The minimum absolute atomic E-state index is 0.0745. The number of nitrogens with one attached hydrogen (secondary N) is 1. The van der Waals surface area contributed by atoms with E-state index in [4.69, 9.17) is 5.14 Å². The Labute approximate surface area is 154 Å².